The molecule has 164 valence electrons. The summed E-state index contributed by atoms with van der Waals surface area (Å²) < 4.78 is 7.42. The molecule has 5 rings (SSSR count). The molecule has 0 aromatic carbocycles. The van der Waals surface area contributed by atoms with Gasteiger partial charge in [-0.15, -0.1) is 11.3 Å². The van der Waals surface area contributed by atoms with E-state index in [-0.39, 0.29) is 11.9 Å². The Labute approximate surface area is 202 Å². The van der Waals surface area contributed by atoms with Crippen molar-refractivity contribution in [3.8, 4) is 22.0 Å². The Morgan fingerprint density at radius 1 is 1.28 bits per heavy atom. The van der Waals surface area contributed by atoms with Crippen molar-refractivity contribution in [1.29, 1.82) is 0 Å². The van der Waals surface area contributed by atoms with E-state index >= 15 is 0 Å². The lowest BCUT2D eigenvalue weighted by Crippen LogP contribution is -2.21. The molecule has 1 fully saturated rings. The van der Waals surface area contributed by atoms with Crippen LogP contribution in [0.3, 0.4) is 0 Å². The minimum absolute atomic E-state index is 0.262. The highest BCUT2D eigenvalue weighted by Gasteiger charge is 2.25. The molecule has 1 aliphatic rings. The van der Waals surface area contributed by atoms with Crippen molar-refractivity contribution in [3.05, 3.63) is 54.1 Å². The van der Waals surface area contributed by atoms with Crippen molar-refractivity contribution in [2.75, 3.05) is 5.32 Å². The van der Waals surface area contributed by atoms with Gasteiger partial charge in [0.05, 0.1) is 29.7 Å². The molecule has 1 aliphatic carbocycles. The van der Waals surface area contributed by atoms with Gasteiger partial charge in [-0.2, -0.15) is 10.2 Å². The molecule has 0 aliphatic heterocycles. The number of nitrogens with one attached hydrogen (secondary N) is 2. The van der Waals surface area contributed by atoms with Crippen molar-refractivity contribution >= 4 is 45.9 Å². The summed E-state index contributed by atoms with van der Waals surface area (Å²) in [6.45, 7) is 0. The standard InChI is InChI=1S/C21H20IN7O2S/c22-31-15-6-4-14(5-7-15)29-11-17(19(28-29)16-3-1-2-8-23-16)26-20(30)18-12-32-21(27-18)13-9-24-25-10-13/h1-3,8-12,14-15H,4-7H2,(H,24,25)(H,26,30). The van der Waals surface area contributed by atoms with Crippen molar-refractivity contribution in [2.45, 2.75) is 37.8 Å². The van der Waals surface area contributed by atoms with E-state index < -0.39 is 0 Å². The van der Waals surface area contributed by atoms with Gasteiger partial charge in [-0.05, 0) is 37.8 Å². The number of carbonyl (C=O) groups is 1. The van der Waals surface area contributed by atoms with Crippen LogP contribution in [0.2, 0.25) is 0 Å². The zero-order chi connectivity index (χ0) is 21.9. The number of nitrogens with zero attached hydrogens (tertiary/aromatic N) is 5. The number of carbonyl (C=O) groups excluding carboxylic acids is 1. The third-order valence-corrected chi connectivity index (χ3v) is 7.12. The fourth-order valence-corrected chi connectivity index (χ4v) is 5.12. The van der Waals surface area contributed by atoms with Crippen LogP contribution in [0.1, 0.15) is 42.2 Å². The van der Waals surface area contributed by atoms with Gasteiger partial charge >= 0.3 is 0 Å². The van der Waals surface area contributed by atoms with Crippen molar-refractivity contribution in [1.82, 2.24) is 29.9 Å². The lowest BCUT2D eigenvalue weighted by atomic mass is 9.93. The molecule has 0 saturated heterocycles. The Kier molecular flexibility index (Phi) is 6.28. The molecule has 32 heavy (non-hydrogen) atoms. The molecule has 0 radical (unpaired) electrons. The van der Waals surface area contributed by atoms with Gasteiger partial charge in [0.15, 0.2) is 0 Å². The molecule has 2 N–H and O–H groups in total. The molecule has 4 heterocycles. The van der Waals surface area contributed by atoms with Crippen molar-refractivity contribution in [2.24, 2.45) is 0 Å². The van der Waals surface area contributed by atoms with E-state index in [0.717, 1.165) is 36.3 Å². The average Bonchev–Trinajstić information content (AvgIpc) is 3.60. The van der Waals surface area contributed by atoms with Crippen LogP contribution in [0, 0.1) is 0 Å². The average molecular weight is 561 g/mol. The van der Waals surface area contributed by atoms with Crippen LogP contribution < -0.4 is 5.32 Å². The Hall–Kier alpha value is -2.64. The minimum Gasteiger partial charge on any atom is -0.317 e. The van der Waals surface area contributed by atoms with E-state index in [0.29, 0.717) is 28.9 Å². The van der Waals surface area contributed by atoms with Crippen molar-refractivity contribution < 1.29 is 7.86 Å². The zero-order valence-corrected chi connectivity index (χ0v) is 19.9. The molecular weight excluding hydrogens is 541 g/mol. The van der Waals surface area contributed by atoms with E-state index in [4.69, 9.17) is 8.16 Å². The lowest BCUT2D eigenvalue weighted by molar-refractivity contribution is 0.102. The molecule has 4 aromatic heterocycles. The molecule has 4 aromatic rings. The molecule has 11 heteroatoms. The maximum Gasteiger partial charge on any atom is 0.275 e. The van der Waals surface area contributed by atoms with Crippen LogP contribution in [0.15, 0.2) is 48.4 Å². The van der Waals surface area contributed by atoms with E-state index in [1.165, 1.54) is 11.3 Å². The Morgan fingerprint density at radius 2 is 2.16 bits per heavy atom. The second-order valence-electron chi connectivity index (χ2n) is 7.58. The van der Waals surface area contributed by atoms with Crippen LogP contribution >= 0.6 is 34.3 Å². The smallest absolute Gasteiger partial charge is 0.275 e. The fraction of sp³-hybridized carbons (Fsp3) is 0.286. The van der Waals surface area contributed by atoms with Crippen LogP contribution in [0.5, 0.6) is 0 Å². The first kappa shape index (κ1) is 21.2. The van der Waals surface area contributed by atoms with Gasteiger partial charge in [0, 0.05) is 29.5 Å². The number of thiazole rings is 1. The number of halogens is 1. The van der Waals surface area contributed by atoms with Crippen LogP contribution in [0.25, 0.3) is 22.0 Å². The fourth-order valence-electron chi connectivity index (χ4n) is 3.83. The third kappa shape index (κ3) is 4.45. The Bertz CT molecular complexity index is 1180. The number of aromatic amines is 1. The number of rotatable bonds is 6. The van der Waals surface area contributed by atoms with E-state index in [2.05, 4.69) is 25.5 Å². The molecular formula is C21H20IN7O2S. The van der Waals surface area contributed by atoms with Crippen molar-refractivity contribution in [3.63, 3.8) is 0 Å². The monoisotopic (exact) mass is 561 g/mol. The number of hydrogen-bond acceptors (Lipinski definition) is 7. The second-order valence-corrected chi connectivity index (χ2v) is 8.95. The Balaban J connectivity index is 1.41. The van der Waals surface area contributed by atoms with Gasteiger partial charge in [-0.3, -0.25) is 19.6 Å². The van der Waals surface area contributed by atoms with Gasteiger partial charge in [0.1, 0.15) is 39.4 Å². The number of hydrogen-bond donors (Lipinski definition) is 2. The summed E-state index contributed by atoms with van der Waals surface area (Å²) in [6, 6.07) is 5.92. The van der Waals surface area contributed by atoms with Gasteiger partial charge < -0.3 is 8.38 Å². The predicted octanol–water partition coefficient (Wildman–Crippen LogP) is 4.89. The summed E-state index contributed by atoms with van der Waals surface area (Å²) >= 11 is 3.38. The number of aromatic nitrogens is 6. The number of H-pyrrole nitrogens is 1. The molecule has 9 nitrogen and oxygen atoms in total. The molecule has 0 spiro atoms. The third-order valence-electron chi connectivity index (χ3n) is 5.51. The van der Waals surface area contributed by atoms with Gasteiger partial charge in [0.2, 0.25) is 0 Å². The molecule has 0 unspecified atom stereocenters. The summed E-state index contributed by atoms with van der Waals surface area (Å²) in [6.07, 6.45) is 11.3. The summed E-state index contributed by atoms with van der Waals surface area (Å²) in [5, 5.41) is 17.0. The van der Waals surface area contributed by atoms with E-state index in [1.54, 1.807) is 24.0 Å². The normalized spacial score (nSPS) is 18.5. The second kappa shape index (κ2) is 9.46. The van der Waals surface area contributed by atoms with Crippen LogP contribution in [0.4, 0.5) is 5.69 Å². The van der Waals surface area contributed by atoms with Gasteiger partial charge in [-0.1, -0.05) is 6.07 Å². The maximum absolute atomic E-state index is 13.0. The lowest BCUT2D eigenvalue weighted by Gasteiger charge is -2.26. The quantitative estimate of drug-likeness (QED) is 0.325. The summed E-state index contributed by atoms with van der Waals surface area (Å²) in [5.41, 5.74) is 3.19. The zero-order valence-electron chi connectivity index (χ0n) is 16.9. The van der Waals surface area contributed by atoms with E-state index in [9.17, 15) is 4.79 Å². The highest BCUT2D eigenvalue weighted by Crippen LogP contribution is 2.34. The largest absolute Gasteiger partial charge is 0.317 e. The Morgan fingerprint density at radius 3 is 2.88 bits per heavy atom. The molecule has 0 atom stereocenters. The number of pyridine rings is 1. The van der Waals surface area contributed by atoms with Gasteiger partial charge in [-0.25, -0.2) is 4.98 Å². The van der Waals surface area contributed by atoms with Crippen LogP contribution in [-0.4, -0.2) is 42.0 Å². The predicted molar refractivity (Wildman–Crippen MR) is 130 cm³/mol. The topological polar surface area (TPSA) is 111 Å². The maximum atomic E-state index is 13.0. The summed E-state index contributed by atoms with van der Waals surface area (Å²) in [5.74, 6) is -0.283. The molecule has 0 bridgehead atoms. The van der Waals surface area contributed by atoms with E-state index in [1.807, 2.05) is 52.1 Å². The first-order valence-electron chi connectivity index (χ1n) is 10.2. The SMILES string of the molecule is O=C(Nc1cn(C2CCC(OI)CC2)nc1-c1ccccn1)c1csc(-c2cn[nH]c2)n1. The van der Waals surface area contributed by atoms with Crippen LogP contribution in [-0.2, 0) is 3.07 Å². The first-order chi connectivity index (χ1) is 15.7. The molecule has 1 amide bonds. The highest BCUT2D eigenvalue weighted by atomic mass is 127. The first-order valence-corrected chi connectivity index (χ1v) is 12.0. The number of amides is 1. The minimum atomic E-state index is -0.283. The summed E-state index contributed by atoms with van der Waals surface area (Å²) in [7, 11) is 0. The number of anilines is 1. The highest BCUT2D eigenvalue weighted by molar-refractivity contribution is 14.1. The van der Waals surface area contributed by atoms with Gasteiger partial charge in [0.25, 0.3) is 5.91 Å². The molecule has 1 saturated carbocycles. The summed E-state index contributed by atoms with van der Waals surface area (Å²) in [4.78, 5) is 21.9.